The van der Waals surface area contributed by atoms with E-state index in [2.05, 4.69) is 31.9 Å². The minimum Gasteiger partial charge on any atom is -0.490 e. The third kappa shape index (κ3) is 6.52. The Morgan fingerprint density at radius 1 is 0.694 bits per heavy atom. The van der Waals surface area contributed by atoms with Gasteiger partial charge in [0.05, 0.1) is 22.9 Å². The van der Waals surface area contributed by atoms with Crippen molar-refractivity contribution in [2.45, 2.75) is 20.0 Å². The Balaban J connectivity index is 1.48. The smallest absolute Gasteiger partial charge is 0.259 e. The summed E-state index contributed by atoms with van der Waals surface area (Å²) in [5.74, 6) is -0.233. The van der Waals surface area contributed by atoms with Gasteiger partial charge in [-0.05, 0) is 80.6 Å². The largest absolute Gasteiger partial charge is 0.490 e. The molecule has 0 spiro atoms. The van der Waals surface area contributed by atoms with Crippen LogP contribution in [0.4, 0.5) is 22.7 Å². The number of amides is 2. The molecule has 4 rings (SSSR count). The number of hydrogen-bond acceptors (Lipinski definition) is 4. The number of nitrogens with one attached hydrogen (secondary N) is 3. The maximum Gasteiger partial charge on any atom is 0.259 e. The molecule has 0 aromatic heterocycles. The second kappa shape index (κ2) is 11.6. The van der Waals surface area contributed by atoms with Gasteiger partial charge in [0, 0.05) is 21.5 Å². The number of ether oxygens (including phenoxy) is 1. The van der Waals surface area contributed by atoms with Gasteiger partial charge in [0.25, 0.3) is 11.8 Å². The number of carbonyl (C=O) groups is 2. The Morgan fingerprint density at radius 3 is 2.03 bits per heavy atom. The van der Waals surface area contributed by atoms with Crippen molar-refractivity contribution in [1.82, 2.24) is 0 Å². The number of hydrogen-bond donors (Lipinski definition) is 3. The van der Waals surface area contributed by atoms with Crippen LogP contribution in [0.5, 0.6) is 5.75 Å². The van der Waals surface area contributed by atoms with Crippen LogP contribution in [0.2, 0.25) is 0 Å². The Kier molecular flexibility index (Phi) is 8.02. The van der Waals surface area contributed by atoms with Gasteiger partial charge in [0.1, 0.15) is 5.75 Å². The van der Waals surface area contributed by atoms with Gasteiger partial charge in [-0.25, -0.2) is 0 Å². The topological polar surface area (TPSA) is 79.5 Å². The van der Waals surface area contributed by atoms with Gasteiger partial charge >= 0.3 is 0 Å². The molecular formula is C29H26BrN3O3. The van der Waals surface area contributed by atoms with Crippen LogP contribution in [-0.2, 0) is 0 Å². The van der Waals surface area contributed by atoms with Crippen molar-refractivity contribution in [2.24, 2.45) is 0 Å². The third-order valence-corrected chi connectivity index (χ3v) is 5.67. The van der Waals surface area contributed by atoms with Crippen molar-refractivity contribution in [3.8, 4) is 5.75 Å². The summed E-state index contributed by atoms with van der Waals surface area (Å²) in [6, 6.07) is 29.4. The maximum absolute atomic E-state index is 13.1. The first kappa shape index (κ1) is 25.0. The molecule has 0 heterocycles. The fraction of sp³-hybridized carbons (Fsp3) is 0.103. The minimum absolute atomic E-state index is 0.0925. The lowest BCUT2D eigenvalue weighted by Gasteiger charge is -2.16. The summed E-state index contributed by atoms with van der Waals surface area (Å²) >= 11 is 3.41. The molecular weight excluding hydrogens is 518 g/mol. The first-order chi connectivity index (χ1) is 17.4. The van der Waals surface area contributed by atoms with Crippen LogP contribution in [0.3, 0.4) is 0 Å². The minimum atomic E-state index is -0.372. The van der Waals surface area contributed by atoms with E-state index >= 15 is 0 Å². The first-order valence-corrected chi connectivity index (χ1v) is 12.3. The van der Waals surface area contributed by atoms with Gasteiger partial charge in [-0.2, -0.15) is 0 Å². The van der Waals surface area contributed by atoms with Gasteiger partial charge in [-0.3, -0.25) is 9.59 Å². The fourth-order valence-corrected chi connectivity index (χ4v) is 3.90. The van der Waals surface area contributed by atoms with Crippen LogP contribution < -0.4 is 20.7 Å². The van der Waals surface area contributed by atoms with E-state index in [1.807, 2.05) is 74.5 Å². The molecule has 36 heavy (non-hydrogen) atoms. The van der Waals surface area contributed by atoms with E-state index < -0.39 is 0 Å². The van der Waals surface area contributed by atoms with E-state index in [4.69, 9.17) is 4.74 Å². The number of benzene rings is 4. The molecule has 0 saturated heterocycles. The van der Waals surface area contributed by atoms with Crippen molar-refractivity contribution in [3.63, 3.8) is 0 Å². The highest BCUT2D eigenvalue weighted by Gasteiger charge is 2.18. The molecule has 0 fully saturated rings. The molecule has 7 heteroatoms. The summed E-state index contributed by atoms with van der Waals surface area (Å²) in [5.41, 5.74) is 3.64. The molecule has 4 aromatic rings. The zero-order valence-corrected chi connectivity index (χ0v) is 21.5. The number of rotatable bonds is 8. The predicted molar refractivity (Wildman–Crippen MR) is 148 cm³/mol. The second-order valence-electron chi connectivity index (χ2n) is 8.33. The van der Waals surface area contributed by atoms with E-state index in [-0.39, 0.29) is 17.9 Å². The summed E-state index contributed by atoms with van der Waals surface area (Å²) < 4.78 is 6.55. The molecule has 6 nitrogen and oxygen atoms in total. The number of carbonyl (C=O) groups excluding carboxylic acids is 2. The highest BCUT2D eigenvalue weighted by molar-refractivity contribution is 9.10. The van der Waals surface area contributed by atoms with Crippen LogP contribution >= 0.6 is 15.9 Å². The Labute approximate surface area is 218 Å². The average molecular weight is 544 g/mol. The lowest BCUT2D eigenvalue weighted by molar-refractivity contribution is 0.102. The summed E-state index contributed by atoms with van der Waals surface area (Å²) in [6.45, 7) is 3.79. The summed E-state index contributed by atoms with van der Waals surface area (Å²) in [7, 11) is 0. The summed E-state index contributed by atoms with van der Waals surface area (Å²) in [6.07, 6.45) is -0.0925. The van der Waals surface area contributed by atoms with Crippen LogP contribution in [0.15, 0.2) is 102 Å². The standard InChI is InChI=1S/C29H26BrN3O3/c1-19(2)36-27-17-12-20(30)18-25(27)29(35)33-26-11-7-6-10-24(26)28(34)32-23-15-13-22(14-16-23)31-21-8-4-3-5-9-21/h3-19,31H,1-2H3,(H,32,34)(H,33,35). The van der Waals surface area contributed by atoms with Gasteiger partial charge < -0.3 is 20.7 Å². The van der Waals surface area contributed by atoms with Crippen molar-refractivity contribution >= 4 is 50.5 Å². The van der Waals surface area contributed by atoms with Gasteiger partial charge in [0.15, 0.2) is 0 Å². The molecule has 0 radical (unpaired) electrons. The summed E-state index contributed by atoms with van der Waals surface area (Å²) in [4.78, 5) is 26.2. The van der Waals surface area contributed by atoms with Crippen LogP contribution in [0, 0.1) is 0 Å². The Bertz CT molecular complexity index is 1360. The third-order valence-electron chi connectivity index (χ3n) is 5.17. The van der Waals surface area contributed by atoms with Crippen molar-refractivity contribution in [2.75, 3.05) is 16.0 Å². The highest BCUT2D eigenvalue weighted by atomic mass is 79.9. The first-order valence-electron chi connectivity index (χ1n) is 11.5. The predicted octanol–water partition coefficient (Wildman–Crippen LogP) is 7.48. The molecule has 0 aliphatic carbocycles. The number of para-hydroxylation sites is 2. The van der Waals surface area contributed by atoms with Gasteiger partial charge in [0.2, 0.25) is 0 Å². The van der Waals surface area contributed by atoms with Crippen LogP contribution in [-0.4, -0.2) is 17.9 Å². The Hall–Kier alpha value is -4.10. The van der Waals surface area contributed by atoms with Crippen molar-refractivity contribution in [1.29, 1.82) is 0 Å². The number of anilines is 4. The zero-order valence-electron chi connectivity index (χ0n) is 19.9. The van der Waals surface area contributed by atoms with E-state index in [1.165, 1.54) is 0 Å². The van der Waals surface area contributed by atoms with Crippen LogP contribution in [0.1, 0.15) is 34.6 Å². The molecule has 0 unspecified atom stereocenters. The Morgan fingerprint density at radius 2 is 1.31 bits per heavy atom. The van der Waals surface area contributed by atoms with E-state index in [9.17, 15) is 9.59 Å². The highest BCUT2D eigenvalue weighted by Crippen LogP contribution is 2.27. The van der Waals surface area contributed by atoms with E-state index in [0.29, 0.717) is 28.3 Å². The summed E-state index contributed by atoms with van der Waals surface area (Å²) in [5, 5.41) is 9.07. The SMILES string of the molecule is CC(C)Oc1ccc(Br)cc1C(=O)Nc1ccccc1C(=O)Nc1ccc(Nc2ccccc2)cc1. The molecule has 0 bridgehead atoms. The fourth-order valence-electron chi connectivity index (χ4n) is 3.54. The molecule has 0 saturated carbocycles. The lowest BCUT2D eigenvalue weighted by atomic mass is 10.1. The number of halogens is 1. The van der Waals surface area contributed by atoms with E-state index in [1.54, 1.807) is 36.4 Å². The van der Waals surface area contributed by atoms with E-state index in [0.717, 1.165) is 15.8 Å². The van der Waals surface area contributed by atoms with Crippen molar-refractivity contribution in [3.05, 3.63) is 113 Å². The molecule has 2 amide bonds. The normalized spacial score (nSPS) is 10.6. The van der Waals surface area contributed by atoms with Gasteiger partial charge in [-0.15, -0.1) is 0 Å². The van der Waals surface area contributed by atoms with Crippen LogP contribution in [0.25, 0.3) is 0 Å². The molecule has 182 valence electrons. The average Bonchev–Trinajstić information content (AvgIpc) is 2.87. The quantitative estimate of drug-likeness (QED) is 0.215. The van der Waals surface area contributed by atoms with Crippen molar-refractivity contribution < 1.29 is 14.3 Å². The van der Waals surface area contributed by atoms with Gasteiger partial charge in [-0.1, -0.05) is 46.3 Å². The molecule has 3 N–H and O–H groups in total. The second-order valence-corrected chi connectivity index (χ2v) is 9.24. The monoisotopic (exact) mass is 543 g/mol. The lowest BCUT2D eigenvalue weighted by Crippen LogP contribution is -2.19. The zero-order chi connectivity index (χ0) is 25.5. The molecule has 0 aliphatic heterocycles. The maximum atomic E-state index is 13.1. The molecule has 0 aliphatic rings. The molecule has 0 atom stereocenters. The molecule has 4 aromatic carbocycles.